The van der Waals surface area contributed by atoms with Crippen molar-refractivity contribution in [3.63, 3.8) is 0 Å². The first-order valence-corrected chi connectivity index (χ1v) is 8.40. The fourth-order valence-electron chi connectivity index (χ4n) is 2.92. The maximum absolute atomic E-state index is 13.0. The van der Waals surface area contributed by atoms with Gasteiger partial charge in [0.2, 0.25) is 5.91 Å². The summed E-state index contributed by atoms with van der Waals surface area (Å²) in [5.74, 6) is -0.341. The SMILES string of the molecule is C[C@H]1CCN(C(=O)[C@@H](NC(=O)OC(C)(C)C)C(C)(C)C)[C@@H]1C(O)O. The molecule has 1 rings (SSSR count). The number of amides is 2. The molecule has 2 amide bonds. The average molecular weight is 344 g/mol. The van der Waals surface area contributed by atoms with Gasteiger partial charge in [-0.2, -0.15) is 0 Å². The van der Waals surface area contributed by atoms with Crippen molar-refractivity contribution in [1.82, 2.24) is 10.2 Å². The van der Waals surface area contributed by atoms with Crippen molar-refractivity contribution in [2.24, 2.45) is 11.3 Å². The third-order valence-corrected chi connectivity index (χ3v) is 4.13. The van der Waals surface area contributed by atoms with E-state index >= 15 is 0 Å². The number of aliphatic hydroxyl groups is 2. The number of aliphatic hydroxyl groups excluding tert-OH is 1. The normalized spacial score (nSPS) is 23.3. The van der Waals surface area contributed by atoms with E-state index in [1.807, 2.05) is 27.7 Å². The number of likely N-dealkylation sites (tertiary alicyclic amines) is 1. The fraction of sp³-hybridized carbons (Fsp3) is 0.882. The molecular weight excluding hydrogens is 312 g/mol. The zero-order valence-corrected chi connectivity index (χ0v) is 15.8. The van der Waals surface area contributed by atoms with Crippen LogP contribution in [0.25, 0.3) is 0 Å². The van der Waals surface area contributed by atoms with Gasteiger partial charge in [-0.05, 0) is 38.5 Å². The fourth-order valence-corrected chi connectivity index (χ4v) is 2.92. The van der Waals surface area contributed by atoms with Gasteiger partial charge in [-0.1, -0.05) is 27.7 Å². The number of carbonyl (C=O) groups is 2. The maximum atomic E-state index is 13.0. The zero-order chi connectivity index (χ0) is 18.9. The number of hydrogen-bond donors (Lipinski definition) is 3. The third kappa shape index (κ3) is 5.34. The Balaban J connectivity index is 2.96. The molecule has 1 aliphatic rings. The number of hydrogen-bond acceptors (Lipinski definition) is 5. The van der Waals surface area contributed by atoms with Gasteiger partial charge in [0.15, 0.2) is 6.29 Å². The minimum atomic E-state index is -1.60. The molecule has 1 heterocycles. The van der Waals surface area contributed by atoms with Crippen LogP contribution in [0.1, 0.15) is 54.9 Å². The molecule has 0 unspecified atom stereocenters. The highest BCUT2D eigenvalue weighted by molar-refractivity contribution is 5.87. The number of rotatable bonds is 3. The van der Waals surface area contributed by atoms with Crippen LogP contribution in [-0.4, -0.2) is 57.6 Å². The molecule has 0 aromatic carbocycles. The van der Waals surface area contributed by atoms with Crippen LogP contribution < -0.4 is 5.32 Å². The van der Waals surface area contributed by atoms with Gasteiger partial charge in [0.1, 0.15) is 11.6 Å². The quantitative estimate of drug-likeness (QED) is 0.674. The molecule has 140 valence electrons. The summed E-state index contributed by atoms with van der Waals surface area (Å²) in [6, 6.07) is -1.48. The van der Waals surface area contributed by atoms with Crippen LogP contribution in [0.15, 0.2) is 0 Å². The van der Waals surface area contributed by atoms with Gasteiger partial charge >= 0.3 is 6.09 Å². The van der Waals surface area contributed by atoms with E-state index in [2.05, 4.69) is 5.32 Å². The molecule has 1 fully saturated rings. The second-order valence-corrected chi connectivity index (χ2v) is 8.65. The highest BCUT2D eigenvalue weighted by Gasteiger charge is 2.44. The number of alkyl carbamates (subject to hydrolysis) is 1. The van der Waals surface area contributed by atoms with Gasteiger partial charge in [-0.15, -0.1) is 0 Å². The lowest BCUT2D eigenvalue weighted by Gasteiger charge is -2.37. The van der Waals surface area contributed by atoms with E-state index in [1.54, 1.807) is 20.8 Å². The summed E-state index contributed by atoms with van der Waals surface area (Å²) < 4.78 is 5.25. The van der Waals surface area contributed by atoms with Crippen LogP contribution in [0.3, 0.4) is 0 Å². The highest BCUT2D eigenvalue weighted by Crippen LogP contribution is 2.30. The first-order valence-electron chi connectivity index (χ1n) is 8.40. The summed E-state index contributed by atoms with van der Waals surface area (Å²) >= 11 is 0. The van der Waals surface area contributed by atoms with Crippen molar-refractivity contribution in [1.29, 1.82) is 0 Å². The van der Waals surface area contributed by atoms with Crippen molar-refractivity contribution in [2.75, 3.05) is 6.54 Å². The largest absolute Gasteiger partial charge is 0.444 e. The molecule has 1 aliphatic heterocycles. The minimum absolute atomic E-state index is 0.0175. The Morgan fingerprint density at radius 3 is 2.12 bits per heavy atom. The van der Waals surface area contributed by atoms with E-state index in [0.717, 1.165) is 0 Å². The highest BCUT2D eigenvalue weighted by atomic mass is 16.6. The smallest absolute Gasteiger partial charge is 0.408 e. The van der Waals surface area contributed by atoms with Crippen molar-refractivity contribution >= 4 is 12.0 Å². The predicted molar refractivity (Wildman–Crippen MR) is 90.1 cm³/mol. The van der Waals surface area contributed by atoms with E-state index in [9.17, 15) is 19.8 Å². The van der Waals surface area contributed by atoms with Crippen molar-refractivity contribution in [3.05, 3.63) is 0 Å². The molecule has 0 aromatic heterocycles. The number of nitrogens with one attached hydrogen (secondary N) is 1. The molecule has 0 bridgehead atoms. The Labute approximate surface area is 144 Å². The molecule has 0 spiro atoms. The molecular formula is C17H32N2O5. The van der Waals surface area contributed by atoms with Gasteiger partial charge in [0, 0.05) is 6.54 Å². The summed E-state index contributed by atoms with van der Waals surface area (Å²) in [6.07, 6.45) is -1.57. The molecule has 7 heteroatoms. The Kier molecular flexibility index (Phi) is 6.27. The van der Waals surface area contributed by atoms with E-state index in [4.69, 9.17) is 4.74 Å². The Hall–Kier alpha value is -1.34. The van der Waals surface area contributed by atoms with Gasteiger partial charge in [0.25, 0.3) is 0 Å². The first kappa shape index (κ1) is 20.7. The standard InChI is InChI=1S/C17H32N2O5/c1-10-8-9-19(11(10)14(21)22)13(20)12(16(2,3)4)18-15(23)24-17(5,6)7/h10-12,14,21-22H,8-9H2,1-7H3,(H,18,23)/t10-,11-,12+/m0/s1. The Bertz CT molecular complexity index is 465. The van der Waals surface area contributed by atoms with Gasteiger partial charge < -0.3 is 25.2 Å². The summed E-state index contributed by atoms with van der Waals surface area (Å²) in [5.41, 5.74) is -1.22. The van der Waals surface area contributed by atoms with Crippen LogP contribution in [0.5, 0.6) is 0 Å². The van der Waals surface area contributed by atoms with Gasteiger partial charge in [-0.3, -0.25) is 4.79 Å². The number of carbonyl (C=O) groups excluding carboxylic acids is 2. The first-order chi connectivity index (χ1) is 10.7. The molecule has 0 saturated carbocycles. The summed E-state index contributed by atoms with van der Waals surface area (Å²) in [6.45, 7) is 13.1. The predicted octanol–water partition coefficient (Wildman–Crippen LogP) is 1.47. The monoisotopic (exact) mass is 344 g/mol. The minimum Gasteiger partial charge on any atom is -0.444 e. The molecule has 0 aromatic rings. The van der Waals surface area contributed by atoms with E-state index < -0.39 is 35.5 Å². The van der Waals surface area contributed by atoms with Crippen LogP contribution in [-0.2, 0) is 9.53 Å². The third-order valence-electron chi connectivity index (χ3n) is 4.13. The van der Waals surface area contributed by atoms with E-state index in [1.165, 1.54) is 4.90 Å². The average Bonchev–Trinajstić information content (AvgIpc) is 2.73. The van der Waals surface area contributed by atoms with E-state index in [0.29, 0.717) is 13.0 Å². The molecule has 1 saturated heterocycles. The van der Waals surface area contributed by atoms with Crippen molar-refractivity contribution in [2.45, 2.75) is 78.9 Å². The molecule has 7 nitrogen and oxygen atoms in total. The van der Waals surface area contributed by atoms with Crippen LogP contribution in [0.4, 0.5) is 4.79 Å². The van der Waals surface area contributed by atoms with Gasteiger partial charge in [0.05, 0.1) is 6.04 Å². The lowest BCUT2D eigenvalue weighted by Crippen LogP contribution is -2.58. The van der Waals surface area contributed by atoms with Crippen molar-refractivity contribution in [3.8, 4) is 0 Å². The summed E-state index contributed by atoms with van der Waals surface area (Å²) in [7, 11) is 0. The number of nitrogens with zero attached hydrogens (tertiary/aromatic N) is 1. The van der Waals surface area contributed by atoms with Gasteiger partial charge in [-0.25, -0.2) is 4.79 Å². The Morgan fingerprint density at radius 2 is 1.71 bits per heavy atom. The zero-order valence-electron chi connectivity index (χ0n) is 15.8. The molecule has 3 atom stereocenters. The molecule has 0 aliphatic carbocycles. The molecule has 0 radical (unpaired) electrons. The Morgan fingerprint density at radius 1 is 1.17 bits per heavy atom. The lowest BCUT2D eigenvalue weighted by atomic mass is 9.85. The van der Waals surface area contributed by atoms with Crippen LogP contribution in [0, 0.1) is 11.3 Å². The molecule has 24 heavy (non-hydrogen) atoms. The van der Waals surface area contributed by atoms with Crippen LogP contribution >= 0.6 is 0 Å². The summed E-state index contributed by atoms with van der Waals surface area (Å²) in [4.78, 5) is 26.6. The molecule has 3 N–H and O–H groups in total. The maximum Gasteiger partial charge on any atom is 0.408 e. The summed E-state index contributed by atoms with van der Waals surface area (Å²) in [5, 5.41) is 21.9. The topological polar surface area (TPSA) is 99.1 Å². The van der Waals surface area contributed by atoms with E-state index in [-0.39, 0.29) is 11.8 Å². The van der Waals surface area contributed by atoms with Crippen molar-refractivity contribution < 1.29 is 24.5 Å². The van der Waals surface area contributed by atoms with Crippen LogP contribution in [0.2, 0.25) is 0 Å². The second kappa shape index (κ2) is 7.27. The number of ether oxygens (including phenoxy) is 1. The second-order valence-electron chi connectivity index (χ2n) is 8.65. The lowest BCUT2D eigenvalue weighted by molar-refractivity contribution is -0.149.